The quantitative estimate of drug-likeness (QED) is 0.715. The largest absolute Gasteiger partial charge is 0.340 e. The molecule has 0 atom stereocenters. The second-order valence-corrected chi connectivity index (χ2v) is 4.81. The highest BCUT2D eigenvalue weighted by molar-refractivity contribution is 5.79. The molecule has 0 aromatic heterocycles. The number of piperidine rings is 1. The molecule has 2 heterocycles. The fourth-order valence-electron chi connectivity index (χ4n) is 2.21. The molecule has 0 saturated carbocycles. The Morgan fingerprint density at radius 3 is 2.06 bits per heavy atom. The summed E-state index contributed by atoms with van der Waals surface area (Å²) >= 11 is 0. The molecular weight excluding hydrogens is 214 g/mol. The van der Waals surface area contributed by atoms with Crippen LogP contribution in [0.5, 0.6) is 0 Å². The lowest BCUT2D eigenvalue weighted by Crippen LogP contribution is -2.49. The standard InChI is InChI=1S/C10H19N3O.C3H8/c14-10(9-1-3-11-4-2-9)13-7-5-12-6-8-13;1-3-2/h9,11-12H,1-8H2;3H2,1-2H3. The van der Waals surface area contributed by atoms with Gasteiger partial charge >= 0.3 is 0 Å². The van der Waals surface area contributed by atoms with Gasteiger partial charge in [0.15, 0.2) is 0 Å². The van der Waals surface area contributed by atoms with Gasteiger partial charge in [0.2, 0.25) is 5.91 Å². The smallest absolute Gasteiger partial charge is 0.225 e. The van der Waals surface area contributed by atoms with Crippen LogP contribution in [-0.2, 0) is 4.79 Å². The third kappa shape index (κ3) is 5.04. The molecule has 2 rings (SSSR count). The van der Waals surface area contributed by atoms with Crippen LogP contribution in [0, 0.1) is 5.92 Å². The van der Waals surface area contributed by atoms with Gasteiger partial charge in [0.05, 0.1) is 0 Å². The summed E-state index contributed by atoms with van der Waals surface area (Å²) in [6.07, 6.45) is 3.28. The fraction of sp³-hybridized carbons (Fsp3) is 0.923. The molecular formula is C13H27N3O. The molecule has 0 aromatic rings. The Hall–Kier alpha value is -0.610. The molecule has 0 unspecified atom stereocenters. The Labute approximate surface area is 105 Å². The third-order valence-electron chi connectivity index (χ3n) is 3.12. The summed E-state index contributed by atoms with van der Waals surface area (Å²) < 4.78 is 0. The summed E-state index contributed by atoms with van der Waals surface area (Å²) in [5, 5.41) is 6.56. The number of carbonyl (C=O) groups excluding carboxylic acids is 1. The molecule has 2 saturated heterocycles. The first-order valence-corrected chi connectivity index (χ1v) is 6.99. The van der Waals surface area contributed by atoms with Crippen LogP contribution in [0.2, 0.25) is 0 Å². The number of hydrogen-bond donors (Lipinski definition) is 2. The number of rotatable bonds is 1. The first-order chi connectivity index (χ1) is 8.29. The number of nitrogens with zero attached hydrogens (tertiary/aromatic N) is 1. The van der Waals surface area contributed by atoms with Crippen molar-refractivity contribution < 1.29 is 4.79 Å². The van der Waals surface area contributed by atoms with Crippen molar-refractivity contribution in [3.8, 4) is 0 Å². The molecule has 0 radical (unpaired) electrons. The van der Waals surface area contributed by atoms with Crippen molar-refractivity contribution in [1.82, 2.24) is 15.5 Å². The Kier molecular flexibility index (Phi) is 7.21. The van der Waals surface area contributed by atoms with E-state index < -0.39 is 0 Å². The fourth-order valence-corrected chi connectivity index (χ4v) is 2.21. The maximum absolute atomic E-state index is 12.0. The van der Waals surface area contributed by atoms with E-state index in [-0.39, 0.29) is 5.92 Å². The first-order valence-electron chi connectivity index (χ1n) is 6.99. The van der Waals surface area contributed by atoms with Gasteiger partial charge in [-0.3, -0.25) is 4.79 Å². The topological polar surface area (TPSA) is 44.4 Å². The highest BCUT2D eigenvalue weighted by atomic mass is 16.2. The van der Waals surface area contributed by atoms with Crippen molar-refractivity contribution in [3.05, 3.63) is 0 Å². The molecule has 17 heavy (non-hydrogen) atoms. The van der Waals surface area contributed by atoms with E-state index in [4.69, 9.17) is 0 Å². The van der Waals surface area contributed by atoms with E-state index in [0.717, 1.165) is 52.1 Å². The minimum Gasteiger partial charge on any atom is -0.340 e. The summed E-state index contributed by atoms with van der Waals surface area (Å²) in [6.45, 7) is 9.95. The van der Waals surface area contributed by atoms with Crippen LogP contribution in [0.1, 0.15) is 33.1 Å². The number of hydrogen-bond acceptors (Lipinski definition) is 3. The van der Waals surface area contributed by atoms with Crippen molar-refractivity contribution in [1.29, 1.82) is 0 Å². The second-order valence-electron chi connectivity index (χ2n) is 4.81. The average molecular weight is 241 g/mol. The Morgan fingerprint density at radius 1 is 1.06 bits per heavy atom. The van der Waals surface area contributed by atoms with Gasteiger partial charge in [-0.25, -0.2) is 0 Å². The SMILES string of the molecule is CCC.O=C(C1CCNCC1)N1CCNCC1. The number of piperazine rings is 1. The second kappa shape index (κ2) is 8.48. The zero-order chi connectivity index (χ0) is 12.5. The highest BCUT2D eigenvalue weighted by Gasteiger charge is 2.26. The van der Waals surface area contributed by atoms with Gasteiger partial charge in [-0.1, -0.05) is 20.3 Å². The number of nitrogens with one attached hydrogen (secondary N) is 2. The molecule has 4 nitrogen and oxygen atoms in total. The molecule has 2 aliphatic heterocycles. The lowest BCUT2D eigenvalue weighted by atomic mass is 9.96. The normalized spacial score (nSPS) is 21.6. The Balaban J connectivity index is 0.000000437. The van der Waals surface area contributed by atoms with Gasteiger partial charge in [-0.2, -0.15) is 0 Å². The van der Waals surface area contributed by atoms with Crippen molar-refractivity contribution >= 4 is 5.91 Å². The third-order valence-corrected chi connectivity index (χ3v) is 3.12. The van der Waals surface area contributed by atoms with Crippen LogP contribution in [0.4, 0.5) is 0 Å². The monoisotopic (exact) mass is 241 g/mol. The van der Waals surface area contributed by atoms with E-state index >= 15 is 0 Å². The maximum atomic E-state index is 12.0. The van der Waals surface area contributed by atoms with E-state index in [2.05, 4.69) is 24.5 Å². The Bertz CT molecular complexity index is 189. The molecule has 2 N–H and O–H groups in total. The lowest BCUT2D eigenvalue weighted by molar-refractivity contribution is -0.136. The summed E-state index contributed by atoms with van der Waals surface area (Å²) in [6, 6.07) is 0. The highest BCUT2D eigenvalue weighted by Crippen LogP contribution is 2.15. The predicted molar refractivity (Wildman–Crippen MR) is 71.0 cm³/mol. The van der Waals surface area contributed by atoms with Crippen molar-refractivity contribution in [2.75, 3.05) is 39.3 Å². The van der Waals surface area contributed by atoms with Crippen LogP contribution >= 0.6 is 0 Å². The van der Waals surface area contributed by atoms with E-state index in [1.165, 1.54) is 6.42 Å². The van der Waals surface area contributed by atoms with E-state index in [1.54, 1.807) is 0 Å². The molecule has 100 valence electrons. The van der Waals surface area contributed by atoms with Gasteiger partial charge in [-0.05, 0) is 25.9 Å². The zero-order valence-electron chi connectivity index (χ0n) is 11.3. The minimum absolute atomic E-state index is 0.286. The van der Waals surface area contributed by atoms with Gasteiger partial charge in [0, 0.05) is 32.1 Å². The summed E-state index contributed by atoms with van der Waals surface area (Å²) in [7, 11) is 0. The van der Waals surface area contributed by atoms with Crippen LogP contribution in [0.25, 0.3) is 0 Å². The maximum Gasteiger partial charge on any atom is 0.225 e. The minimum atomic E-state index is 0.286. The van der Waals surface area contributed by atoms with Crippen LogP contribution in [-0.4, -0.2) is 50.1 Å². The molecule has 2 aliphatic rings. The molecule has 2 fully saturated rings. The molecule has 0 bridgehead atoms. The van der Waals surface area contributed by atoms with Crippen LogP contribution in [0.15, 0.2) is 0 Å². The summed E-state index contributed by atoms with van der Waals surface area (Å²) in [4.78, 5) is 14.0. The lowest BCUT2D eigenvalue weighted by Gasteiger charge is -2.32. The van der Waals surface area contributed by atoms with E-state index in [9.17, 15) is 4.79 Å². The molecule has 1 amide bonds. The predicted octanol–water partition coefficient (Wildman–Crippen LogP) is 0.834. The number of amides is 1. The molecule has 0 spiro atoms. The van der Waals surface area contributed by atoms with Crippen LogP contribution < -0.4 is 10.6 Å². The van der Waals surface area contributed by atoms with Crippen molar-refractivity contribution in [2.24, 2.45) is 5.92 Å². The molecule has 0 aromatic carbocycles. The first kappa shape index (κ1) is 14.5. The molecule has 4 heteroatoms. The van der Waals surface area contributed by atoms with Crippen LogP contribution in [0.3, 0.4) is 0 Å². The Morgan fingerprint density at radius 2 is 1.53 bits per heavy atom. The summed E-state index contributed by atoms with van der Waals surface area (Å²) in [5.74, 6) is 0.669. The molecule has 0 aliphatic carbocycles. The van der Waals surface area contributed by atoms with Crippen molar-refractivity contribution in [2.45, 2.75) is 33.1 Å². The van der Waals surface area contributed by atoms with Gasteiger partial charge in [0.25, 0.3) is 0 Å². The van der Waals surface area contributed by atoms with Gasteiger partial charge in [-0.15, -0.1) is 0 Å². The zero-order valence-corrected chi connectivity index (χ0v) is 11.3. The number of carbonyl (C=O) groups is 1. The average Bonchev–Trinajstić information content (AvgIpc) is 2.41. The van der Waals surface area contributed by atoms with Crippen molar-refractivity contribution in [3.63, 3.8) is 0 Å². The summed E-state index contributed by atoms with van der Waals surface area (Å²) in [5.41, 5.74) is 0. The van der Waals surface area contributed by atoms with E-state index in [0.29, 0.717) is 5.91 Å². The van der Waals surface area contributed by atoms with E-state index in [1.807, 2.05) is 4.90 Å². The van der Waals surface area contributed by atoms with Gasteiger partial charge in [0.1, 0.15) is 0 Å². The van der Waals surface area contributed by atoms with Gasteiger partial charge < -0.3 is 15.5 Å².